The molecule has 0 amide bonds. The van der Waals surface area contributed by atoms with Crippen LogP contribution in [-0.2, 0) is 0 Å². The highest BCUT2D eigenvalue weighted by Crippen LogP contribution is 2.19. The first-order chi connectivity index (χ1) is 6.02. The molecule has 0 saturated carbocycles. The van der Waals surface area contributed by atoms with E-state index in [0.717, 1.165) is 12.3 Å². The summed E-state index contributed by atoms with van der Waals surface area (Å²) in [7, 11) is 0. The van der Waals surface area contributed by atoms with E-state index in [-0.39, 0.29) is 22.2 Å². The number of rotatable bonds is 2. The van der Waals surface area contributed by atoms with Gasteiger partial charge in [0.05, 0.1) is 10.5 Å². The first-order valence-corrected chi connectivity index (χ1v) is 3.71. The van der Waals surface area contributed by atoms with Gasteiger partial charge in [-0.15, -0.1) is 0 Å². The number of carbonyl (C=O) groups excluding carboxylic acids is 1. The van der Waals surface area contributed by atoms with Gasteiger partial charge in [0.1, 0.15) is 11.3 Å². The first-order valence-electron chi connectivity index (χ1n) is 3.33. The van der Waals surface area contributed by atoms with Gasteiger partial charge in [-0.1, -0.05) is 11.6 Å². The average molecular weight is 201 g/mol. The number of hydrogen-bond donors (Lipinski definition) is 0. The number of Topliss-reactive ketones (excluding diaryl/α,β-unsaturated/α-hetero) is 1. The van der Waals surface area contributed by atoms with E-state index in [9.17, 15) is 14.9 Å². The Kier molecular flexibility index (Phi) is 2.57. The summed E-state index contributed by atoms with van der Waals surface area (Å²) in [5, 5.41) is 10.3. The largest absolute Gasteiger partial charge is 0.294 e. The predicted molar refractivity (Wildman–Crippen MR) is 45.9 cm³/mol. The van der Waals surface area contributed by atoms with E-state index in [0.29, 0.717) is 0 Å². The fraction of sp³-hybridized carbons (Fsp3) is 0.143. The van der Waals surface area contributed by atoms with Crippen molar-refractivity contribution in [3.63, 3.8) is 0 Å². The van der Waals surface area contributed by atoms with Crippen LogP contribution in [0.15, 0.2) is 12.3 Å². The number of nitro groups is 1. The van der Waals surface area contributed by atoms with Crippen molar-refractivity contribution in [2.24, 2.45) is 0 Å². The van der Waals surface area contributed by atoms with Gasteiger partial charge in [0.15, 0.2) is 5.78 Å². The molecule has 0 aliphatic heterocycles. The maximum absolute atomic E-state index is 10.9. The lowest BCUT2D eigenvalue weighted by Gasteiger charge is -1.97. The fourth-order valence-corrected chi connectivity index (χ4v) is 1.02. The second-order valence-electron chi connectivity index (χ2n) is 2.35. The Balaban J connectivity index is 3.27. The minimum Gasteiger partial charge on any atom is -0.294 e. The Labute approximate surface area is 78.5 Å². The number of carbonyl (C=O) groups is 1. The Morgan fingerprint density at radius 2 is 2.31 bits per heavy atom. The molecule has 1 heterocycles. The van der Waals surface area contributed by atoms with Crippen LogP contribution < -0.4 is 0 Å². The molecule has 0 fully saturated rings. The third kappa shape index (κ3) is 2.00. The van der Waals surface area contributed by atoms with Gasteiger partial charge in [0.2, 0.25) is 0 Å². The van der Waals surface area contributed by atoms with Gasteiger partial charge in [0.25, 0.3) is 5.69 Å². The third-order valence-corrected chi connectivity index (χ3v) is 1.72. The zero-order chi connectivity index (χ0) is 10.0. The van der Waals surface area contributed by atoms with Gasteiger partial charge < -0.3 is 0 Å². The number of ketones is 1. The molecule has 0 saturated heterocycles. The quantitative estimate of drug-likeness (QED) is 0.316. The summed E-state index contributed by atoms with van der Waals surface area (Å²) in [5.41, 5.74) is -0.175. The molecule has 0 bridgehead atoms. The number of halogens is 1. The van der Waals surface area contributed by atoms with Crippen LogP contribution in [0.25, 0.3) is 0 Å². The van der Waals surface area contributed by atoms with Crippen LogP contribution in [0.2, 0.25) is 5.15 Å². The van der Waals surface area contributed by atoms with Crippen molar-refractivity contribution in [2.45, 2.75) is 6.92 Å². The summed E-state index contributed by atoms with van der Waals surface area (Å²) in [6.07, 6.45) is 1.01. The smallest absolute Gasteiger partial charge is 0.288 e. The van der Waals surface area contributed by atoms with E-state index in [2.05, 4.69) is 4.98 Å². The molecular formula is C7H5ClN2O3. The summed E-state index contributed by atoms with van der Waals surface area (Å²) in [4.78, 5) is 24.1. The number of hydrogen-bond acceptors (Lipinski definition) is 4. The van der Waals surface area contributed by atoms with E-state index < -0.39 is 4.92 Å². The average Bonchev–Trinajstić information content (AvgIpc) is 2.04. The van der Waals surface area contributed by atoms with Crippen LogP contribution in [0.5, 0.6) is 0 Å². The number of aromatic nitrogens is 1. The minimum atomic E-state index is -0.629. The van der Waals surface area contributed by atoms with Crippen LogP contribution in [-0.4, -0.2) is 15.7 Å². The second-order valence-corrected chi connectivity index (χ2v) is 2.70. The van der Waals surface area contributed by atoms with E-state index in [1.54, 1.807) is 0 Å². The molecule has 0 unspecified atom stereocenters. The third-order valence-electron chi connectivity index (χ3n) is 1.41. The SMILES string of the molecule is CC(=O)c1cc([N+](=O)[O-])cnc1Cl. The Hall–Kier alpha value is -1.49. The van der Waals surface area contributed by atoms with Crippen molar-refractivity contribution in [1.82, 2.24) is 4.98 Å². The highest BCUT2D eigenvalue weighted by molar-refractivity contribution is 6.32. The summed E-state index contributed by atoms with van der Waals surface area (Å²) in [6, 6.07) is 1.11. The molecule has 0 aliphatic rings. The lowest BCUT2D eigenvalue weighted by atomic mass is 10.2. The molecule has 1 aromatic rings. The molecule has 5 nitrogen and oxygen atoms in total. The van der Waals surface area contributed by atoms with Crippen LogP contribution in [0.4, 0.5) is 5.69 Å². The normalized spacial score (nSPS) is 9.69. The molecule has 0 spiro atoms. The molecule has 0 aromatic carbocycles. The lowest BCUT2D eigenvalue weighted by Crippen LogP contribution is -1.98. The van der Waals surface area contributed by atoms with Crippen molar-refractivity contribution in [3.05, 3.63) is 33.1 Å². The van der Waals surface area contributed by atoms with Crippen LogP contribution in [0, 0.1) is 10.1 Å². The molecular weight excluding hydrogens is 196 g/mol. The monoisotopic (exact) mass is 200 g/mol. The van der Waals surface area contributed by atoms with Crippen LogP contribution >= 0.6 is 11.6 Å². The van der Waals surface area contributed by atoms with Crippen molar-refractivity contribution in [1.29, 1.82) is 0 Å². The van der Waals surface area contributed by atoms with Gasteiger partial charge in [-0.3, -0.25) is 14.9 Å². The summed E-state index contributed by atoms with van der Waals surface area (Å²) < 4.78 is 0. The Morgan fingerprint density at radius 3 is 2.77 bits per heavy atom. The maximum Gasteiger partial charge on any atom is 0.288 e. The highest BCUT2D eigenvalue weighted by Gasteiger charge is 2.13. The predicted octanol–water partition coefficient (Wildman–Crippen LogP) is 1.85. The molecule has 0 atom stereocenters. The van der Waals surface area contributed by atoms with Gasteiger partial charge in [-0.25, -0.2) is 4.98 Å². The molecule has 13 heavy (non-hydrogen) atoms. The Bertz CT molecular complexity index is 378. The molecule has 1 aromatic heterocycles. The van der Waals surface area contributed by atoms with Gasteiger partial charge in [-0.05, 0) is 6.92 Å². The van der Waals surface area contributed by atoms with E-state index in [1.165, 1.54) is 6.92 Å². The van der Waals surface area contributed by atoms with Gasteiger partial charge in [0, 0.05) is 6.07 Å². The van der Waals surface area contributed by atoms with Gasteiger partial charge >= 0.3 is 0 Å². The summed E-state index contributed by atoms with van der Waals surface area (Å²) in [5.74, 6) is -0.346. The summed E-state index contributed by atoms with van der Waals surface area (Å²) in [6.45, 7) is 1.27. The maximum atomic E-state index is 10.9. The second kappa shape index (κ2) is 3.49. The fourth-order valence-electron chi connectivity index (χ4n) is 0.784. The number of pyridine rings is 1. The molecule has 6 heteroatoms. The highest BCUT2D eigenvalue weighted by atomic mass is 35.5. The molecule has 68 valence electrons. The lowest BCUT2D eigenvalue weighted by molar-refractivity contribution is -0.385. The van der Waals surface area contributed by atoms with Gasteiger partial charge in [-0.2, -0.15) is 0 Å². The van der Waals surface area contributed by atoms with E-state index in [4.69, 9.17) is 11.6 Å². The molecule has 1 rings (SSSR count). The van der Waals surface area contributed by atoms with Crippen LogP contribution in [0.3, 0.4) is 0 Å². The number of nitrogens with zero attached hydrogens (tertiary/aromatic N) is 2. The van der Waals surface area contributed by atoms with Crippen molar-refractivity contribution >= 4 is 23.1 Å². The van der Waals surface area contributed by atoms with Crippen LogP contribution in [0.1, 0.15) is 17.3 Å². The van der Waals surface area contributed by atoms with Crippen molar-refractivity contribution in [3.8, 4) is 0 Å². The standard InChI is InChI=1S/C7H5ClN2O3/c1-4(11)6-2-5(10(12)13)3-9-7(6)8/h2-3H,1H3. The Morgan fingerprint density at radius 1 is 1.69 bits per heavy atom. The van der Waals surface area contributed by atoms with Crippen molar-refractivity contribution < 1.29 is 9.72 Å². The topological polar surface area (TPSA) is 73.1 Å². The van der Waals surface area contributed by atoms with Crippen molar-refractivity contribution in [2.75, 3.05) is 0 Å². The molecule has 0 radical (unpaired) electrons. The van der Waals surface area contributed by atoms with E-state index in [1.807, 2.05) is 0 Å². The minimum absolute atomic E-state index is 0.0156. The molecule has 0 aliphatic carbocycles. The molecule has 0 N–H and O–H groups in total. The first kappa shape index (κ1) is 9.60. The zero-order valence-corrected chi connectivity index (χ0v) is 7.41. The summed E-state index contributed by atoms with van der Waals surface area (Å²) >= 11 is 5.54. The van der Waals surface area contributed by atoms with E-state index >= 15 is 0 Å². The zero-order valence-electron chi connectivity index (χ0n) is 6.65.